The van der Waals surface area contributed by atoms with E-state index in [1.165, 1.54) is 11.1 Å². The van der Waals surface area contributed by atoms with Crippen LogP contribution in [0.1, 0.15) is 27.7 Å². The summed E-state index contributed by atoms with van der Waals surface area (Å²) in [7, 11) is 0. The molecule has 0 aliphatic heterocycles. The van der Waals surface area contributed by atoms with Crippen LogP contribution in [0.4, 0.5) is 0 Å². The van der Waals surface area contributed by atoms with Gasteiger partial charge in [-0.25, -0.2) is 0 Å². The van der Waals surface area contributed by atoms with Gasteiger partial charge in [-0.05, 0) is 0 Å². The van der Waals surface area contributed by atoms with Crippen LogP contribution in [-0.4, -0.2) is 4.21 Å². The van der Waals surface area contributed by atoms with E-state index in [1.807, 2.05) is 0 Å². The van der Waals surface area contributed by atoms with Crippen molar-refractivity contribution in [1.29, 1.82) is 0 Å². The summed E-state index contributed by atoms with van der Waals surface area (Å²) in [4.78, 5) is 0. The molecule has 4 aliphatic rings. The largest absolute Gasteiger partial charge is 1.00 e. The van der Waals surface area contributed by atoms with E-state index in [1.54, 1.807) is 22.3 Å². The molecule has 0 aromatic carbocycles. The molecule has 0 N–H and O–H groups in total. The molecule has 0 radical (unpaired) electrons. The number of halogens is 2. The Balaban J connectivity index is 0.00000140. The van der Waals surface area contributed by atoms with E-state index in [4.69, 9.17) is 4.21 Å². The van der Waals surface area contributed by atoms with E-state index in [0.29, 0.717) is 19.1 Å². The van der Waals surface area contributed by atoms with Crippen LogP contribution in [0, 0.1) is 11.8 Å². The van der Waals surface area contributed by atoms with Crippen molar-refractivity contribution in [2.24, 2.45) is 11.8 Å². The number of hydrogen-bond acceptors (Lipinski definition) is 0. The third-order valence-corrected chi connectivity index (χ3v) is 13.7. The first kappa shape index (κ1) is 23.5. The Labute approximate surface area is 190 Å². The van der Waals surface area contributed by atoms with Crippen LogP contribution in [-0.2, 0) is 21.3 Å². The van der Waals surface area contributed by atoms with Gasteiger partial charge in [-0.3, -0.25) is 0 Å². The van der Waals surface area contributed by atoms with E-state index in [9.17, 15) is 0 Å². The van der Waals surface area contributed by atoms with Gasteiger partial charge in [-0.15, -0.1) is 0 Å². The second-order valence-corrected chi connectivity index (χ2v) is 13.8. The second-order valence-electron chi connectivity index (χ2n) is 8.10. The summed E-state index contributed by atoms with van der Waals surface area (Å²) < 4.78 is 6.14. The fraction of sp³-hybridized carbons (Fsp3) is 0.320. The van der Waals surface area contributed by atoms with Gasteiger partial charge in [0, 0.05) is 0 Å². The predicted molar refractivity (Wildman–Crippen MR) is 111 cm³/mol. The quantitative estimate of drug-likeness (QED) is 0.534. The van der Waals surface area contributed by atoms with Crippen LogP contribution in [0.15, 0.2) is 94.2 Å². The standard InChI is InChI=1S/2C12H13.CH2.2ClH.Zr/c2*1-9-7-11-6-4-3-5-10(2)12(11)8-9;;;;/h2*3-8,10H,1-2H3;1H2;2*1H;/q;;;;;+2/p-2. The van der Waals surface area contributed by atoms with E-state index < -0.39 is 21.3 Å². The van der Waals surface area contributed by atoms with Crippen LogP contribution in [0.2, 0.25) is 7.25 Å². The van der Waals surface area contributed by atoms with Crippen molar-refractivity contribution in [1.82, 2.24) is 0 Å². The molecule has 0 fully saturated rings. The topological polar surface area (TPSA) is 0 Å². The molecular formula is C25H28Cl2Zr. The summed E-state index contributed by atoms with van der Waals surface area (Å²) in [5.41, 5.74) is 9.29. The average molecular weight is 491 g/mol. The molecule has 4 unspecified atom stereocenters. The fourth-order valence-electron chi connectivity index (χ4n) is 4.96. The Bertz CT molecular complexity index is 844. The normalized spacial score (nSPS) is 29.7. The van der Waals surface area contributed by atoms with Crippen LogP contribution in [0.3, 0.4) is 0 Å². The Morgan fingerprint density at radius 2 is 1.07 bits per heavy atom. The first-order valence-corrected chi connectivity index (χ1v) is 14.3. The minimum atomic E-state index is -2.06. The van der Waals surface area contributed by atoms with Gasteiger partial charge in [0.2, 0.25) is 0 Å². The number of hydrogen-bond donors (Lipinski definition) is 0. The van der Waals surface area contributed by atoms with Gasteiger partial charge in [-0.1, -0.05) is 0 Å². The molecule has 0 aromatic heterocycles. The van der Waals surface area contributed by atoms with Crippen LogP contribution >= 0.6 is 0 Å². The maximum Gasteiger partial charge on any atom is -1.00 e. The molecule has 4 aliphatic carbocycles. The van der Waals surface area contributed by atoms with Crippen LogP contribution < -0.4 is 24.8 Å². The molecule has 0 aromatic rings. The molecule has 0 nitrogen and oxygen atoms in total. The van der Waals surface area contributed by atoms with Gasteiger partial charge in [-0.2, -0.15) is 0 Å². The third-order valence-electron chi connectivity index (χ3n) is 6.26. The summed E-state index contributed by atoms with van der Waals surface area (Å²) in [6, 6.07) is 0. The Morgan fingerprint density at radius 3 is 1.46 bits per heavy atom. The maximum atomic E-state index is 4.93. The van der Waals surface area contributed by atoms with Crippen LogP contribution in [0.25, 0.3) is 0 Å². The van der Waals surface area contributed by atoms with Gasteiger partial charge >= 0.3 is 166 Å². The minimum absolute atomic E-state index is 0. The smallest absolute Gasteiger partial charge is 1.00 e. The molecule has 0 heterocycles. The molecule has 146 valence electrons. The first-order valence-electron chi connectivity index (χ1n) is 9.72. The van der Waals surface area contributed by atoms with Crippen molar-refractivity contribution >= 4 is 4.21 Å². The fourth-order valence-corrected chi connectivity index (χ4v) is 12.3. The van der Waals surface area contributed by atoms with Gasteiger partial charge < -0.3 is 24.8 Å². The van der Waals surface area contributed by atoms with Crippen molar-refractivity contribution in [3.05, 3.63) is 94.2 Å². The van der Waals surface area contributed by atoms with Gasteiger partial charge in [0.15, 0.2) is 0 Å². The molecule has 28 heavy (non-hydrogen) atoms. The summed E-state index contributed by atoms with van der Waals surface area (Å²) >= 11 is -2.06. The predicted octanol–water partition coefficient (Wildman–Crippen LogP) is 0.659. The van der Waals surface area contributed by atoms with Crippen molar-refractivity contribution < 1.29 is 46.1 Å². The Morgan fingerprint density at radius 1 is 0.679 bits per heavy atom. The van der Waals surface area contributed by atoms with E-state index >= 15 is 0 Å². The monoisotopic (exact) mass is 488 g/mol. The molecule has 0 bridgehead atoms. The van der Waals surface area contributed by atoms with Crippen molar-refractivity contribution in [3.8, 4) is 0 Å². The van der Waals surface area contributed by atoms with E-state index in [2.05, 4.69) is 88.5 Å². The Kier molecular flexibility index (Phi) is 7.88. The second kappa shape index (κ2) is 9.38. The zero-order valence-electron chi connectivity index (χ0n) is 17.0. The molecule has 3 heteroatoms. The van der Waals surface area contributed by atoms with E-state index in [0.717, 1.165) is 0 Å². The average Bonchev–Trinajstić information content (AvgIpc) is 2.98. The molecule has 4 atom stereocenters. The zero-order valence-corrected chi connectivity index (χ0v) is 21.0. The third kappa shape index (κ3) is 3.96. The number of allylic oxidation sites excluding steroid dienone is 16. The zero-order chi connectivity index (χ0) is 18.4. The molecule has 0 spiro atoms. The molecule has 4 rings (SSSR count). The minimum Gasteiger partial charge on any atom is -1.00 e. The van der Waals surface area contributed by atoms with Gasteiger partial charge in [0.1, 0.15) is 0 Å². The maximum absolute atomic E-state index is 4.93. The molecular weight excluding hydrogens is 462 g/mol. The number of rotatable bonds is 2. The molecule has 0 saturated heterocycles. The SMILES string of the molecule is [CH2]=[Zr+2]([CH]1C(C)=CC2=C1C=CC=CC2C)[CH]1C(C)=CC2=C1C=CC=CC2C.[Cl-].[Cl-]. The first-order chi connectivity index (χ1) is 12.5. The molecule has 0 amide bonds. The summed E-state index contributed by atoms with van der Waals surface area (Å²) in [6.45, 7) is 9.32. The van der Waals surface area contributed by atoms with Gasteiger partial charge in [0.25, 0.3) is 0 Å². The van der Waals surface area contributed by atoms with Gasteiger partial charge in [0.05, 0.1) is 0 Å². The van der Waals surface area contributed by atoms with Crippen molar-refractivity contribution in [2.45, 2.75) is 34.9 Å². The summed E-state index contributed by atoms with van der Waals surface area (Å²) in [6.07, 6.45) is 23.2. The Hall–Kier alpha value is -0.747. The summed E-state index contributed by atoms with van der Waals surface area (Å²) in [5, 5.41) is 0. The van der Waals surface area contributed by atoms with Crippen molar-refractivity contribution in [2.75, 3.05) is 0 Å². The van der Waals surface area contributed by atoms with Crippen molar-refractivity contribution in [3.63, 3.8) is 0 Å². The van der Waals surface area contributed by atoms with E-state index in [-0.39, 0.29) is 24.8 Å². The molecule has 0 saturated carbocycles. The summed E-state index contributed by atoms with van der Waals surface area (Å²) in [5.74, 6) is 1.02. The van der Waals surface area contributed by atoms with Crippen LogP contribution in [0.5, 0.6) is 0 Å².